The summed E-state index contributed by atoms with van der Waals surface area (Å²) in [7, 11) is 1.59. The number of hydrogen-bond donors (Lipinski definition) is 0. The Balaban J connectivity index is 2.64. The molecule has 0 fully saturated rings. The Morgan fingerprint density at radius 2 is 1.79 bits per heavy atom. The fourth-order valence-corrected chi connectivity index (χ4v) is 0.968. The molecule has 0 heterocycles. The highest BCUT2D eigenvalue weighted by Gasteiger charge is 2.10. The van der Waals surface area contributed by atoms with Crippen LogP contribution in [0.3, 0.4) is 0 Å². The summed E-state index contributed by atoms with van der Waals surface area (Å²) in [5.41, 5.74) is 0. The van der Waals surface area contributed by atoms with Crippen molar-refractivity contribution in [3.63, 3.8) is 0 Å². The molecule has 0 N–H and O–H groups in total. The molecule has 0 unspecified atom stereocenters. The first-order valence-electron chi connectivity index (χ1n) is 4.13. The van der Waals surface area contributed by atoms with E-state index in [1.54, 1.807) is 38.3 Å². The molecule has 1 aromatic rings. The van der Waals surface area contributed by atoms with Gasteiger partial charge in [0, 0.05) is 0 Å². The summed E-state index contributed by atoms with van der Waals surface area (Å²) >= 11 is 2.01. The van der Waals surface area contributed by atoms with Gasteiger partial charge in [-0.15, -0.1) is 0 Å². The van der Waals surface area contributed by atoms with Crippen LogP contribution in [0.15, 0.2) is 24.3 Å². The SMILES string of the molecule is COc1ccc(OC(=O)[C@@H](C)I)cc1. The highest BCUT2D eigenvalue weighted by molar-refractivity contribution is 14.1. The second-order valence-corrected chi connectivity index (χ2v) is 4.58. The maximum Gasteiger partial charge on any atom is 0.323 e. The van der Waals surface area contributed by atoms with Gasteiger partial charge in [0.2, 0.25) is 0 Å². The van der Waals surface area contributed by atoms with Crippen molar-refractivity contribution in [3.05, 3.63) is 24.3 Å². The average molecular weight is 306 g/mol. The number of methoxy groups -OCH3 is 1. The molecule has 0 aliphatic rings. The van der Waals surface area contributed by atoms with E-state index in [2.05, 4.69) is 0 Å². The number of carbonyl (C=O) groups is 1. The first-order valence-corrected chi connectivity index (χ1v) is 5.38. The highest BCUT2D eigenvalue weighted by Crippen LogP contribution is 2.18. The van der Waals surface area contributed by atoms with Crippen molar-refractivity contribution in [2.45, 2.75) is 10.8 Å². The van der Waals surface area contributed by atoms with Gasteiger partial charge in [-0.3, -0.25) is 4.79 Å². The van der Waals surface area contributed by atoms with E-state index < -0.39 is 0 Å². The van der Waals surface area contributed by atoms with Gasteiger partial charge in [-0.1, -0.05) is 22.6 Å². The fraction of sp³-hybridized carbons (Fsp3) is 0.300. The summed E-state index contributed by atoms with van der Waals surface area (Å²) in [6.07, 6.45) is 0. The third-order valence-corrected chi connectivity index (χ3v) is 2.11. The van der Waals surface area contributed by atoms with Crippen molar-refractivity contribution in [2.75, 3.05) is 7.11 Å². The topological polar surface area (TPSA) is 35.5 Å². The van der Waals surface area contributed by atoms with Crippen LogP contribution in [-0.2, 0) is 4.79 Å². The van der Waals surface area contributed by atoms with Gasteiger partial charge in [0.1, 0.15) is 15.4 Å². The lowest BCUT2D eigenvalue weighted by Crippen LogP contribution is -2.16. The van der Waals surface area contributed by atoms with Crippen LogP contribution in [0.2, 0.25) is 0 Å². The van der Waals surface area contributed by atoms with Crippen LogP contribution in [0.25, 0.3) is 0 Å². The number of alkyl halides is 1. The fourth-order valence-electron chi connectivity index (χ4n) is 0.841. The standard InChI is InChI=1S/C10H11IO3/c1-7(11)10(12)14-9-5-3-8(13-2)4-6-9/h3-7H,1-2H3/t7-/m1/s1. The number of benzene rings is 1. The number of esters is 1. The van der Waals surface area contributed by atoms with Gasteiger partial charge in [0.15, 0.2) is 0 Å². The van der Waals surface area contributed by atoms with E-state index >= 15 is 0 Å². The Kier molecular flexibility index (Phi) is 4.19. The third-order valence-electron chi connectivity index (χ3n) is 1.60. The van der Waals surface area contributed by atoms with Crippen LogP contribution in [-0.4, -0.2) is 17.0 Å². The third kappa shape index (κ3) is 3.17. The maximum absolute atomic E-state index is 11.2. The number of hydrogen-bond acceptors (Lipinski definition) is 3. The Morgan fingerprint density at radius 1 is 1.29 bits per heavy atom. The minimum Gasteiger partial charge on any atom is -0.497 e. The Labute approximate surface area is 96.5 Å². The minimum absolute atomic E-state index is 0.144. The summed E-state index contributed by atoms with van der Waals surface area (Å²) in [4.78, 5) is 11.2. The van der Waals surface area contributed by atoms with Crippen molar-refractivity contribution < 1.29 is 14.3 Å². The summed E-state index contributed by atoms with van der Waals surface area (Å²) in [6, 6.07) is 6.91. The van der Waals surface area contributed by atoms with Crippen LogP contribution in [0.1, 0.15) is 6.92 Å². The molecule has 1 atom stereocenters. The zero-order valence-electron chi connectivity index (χ0n) is 7.99. The quantitative estimate of drug-likeness (QED) is 0.372. The van der Waals surface area contributed by atoms with Crippen LogP contribution in [0.5, 0.6) is 11.5 Å². The Morgan fingerprint density at radius 3 is 2.21 bits per heavy atom. The van der Waals surface area contributed by atoms with E-state index in [1.165, 1.54) is 0 Å². The van der Waals surface area contributed by atoms with Crippen molar-refractivity contribution >= 4 is 28.6 Å². The van der Waals surface area contributed by atoms with Gasteiger partial charge in [0.05, 0.1) is 7.11 Å². The lowest BCUT2D eigenvalue weighted by atomic mass is 10.3. The summed E-state index contributed by atoms with van der Waals surface area (Å²) in [6.45, 7) is 1.78. The molecule has 0 saturated carbocycles. The largest absolute Gasteiger partial charge is 0.497 e. The van der Waals surface area contributed by atoms with Gasteiger partial charge >= 0.3 is 5.97 Å². The maximum atomic E-state index is 11.2. The van der Waals surface area contributed by atoms with Gasteiger partial charge in [-0.2, -0.15) is 0 Å². The zero-order chi connectivity index (χ0) is 10.6. The molecule has 0 amide bonds. The van der Waals surface area contributed by atoms with Gasteiger partial charge in [-0.25, -0.2) is 0 Å². The monoisotopic (exact) mass is 306 g/mol. The van der Waals surface area contributed by atoms with E-state index in [9.17, 15) is 4.79 Å². The van der Waals surface area contributed by atoms with Crippen LogP contribution in [0, 0.1) is 0 Å². The Hall–Kier alpha value is -0.780. The smallest absolute Gasteiger partial charge is 0.323 e. The zero-order valence-corrected chi connectivity index (χ0v) is 10.1. The van der Waals surface area contributed by atoms with E-state index in [0.29, 0.717) is 5.75 Å². The molecule has 0 aliphatic heterocycles. The van der Waals surface area contributed by atoms with E-state index in [1.807, 2.05) is 22.6 Å². The molecule has 1 rings (SSSR count). The predicted molar refractivity (Wildman–Crippen MR) is 62.1 cm³/mol. The van der Waals surface area contributed by atoms with E-state index in [0.717, 1.165) is 5.75 Å². The molecule has 0 aliphatic carbocycles. The summed E-state index contributed by atoms with van der Waals surface area (Å²) in [5.74, 6) is 1.04. The van der Waals surface area contributed by atoms with Crippen molar-refractivity contribution in [2.24, 2.45) is 0 Å². The number of ether oxygens (including phenoxy) is 2. The molecule has 0 aromatic heterocycles. The molecule has 4 heteroatoms. The molecule has 3 nitrogen and oxygen atoms in total. The molecule has 0 bridgehead atoms. The lowest BCUT2D eigenvalue weighted by molar-refractivity contribution is -0.133. The normalized spacial score (nSPS) is 11.9. The second kappa shape index (κ2) is 5.19. The minimum atomic E-state index is -0.240. The Bertz CT molecular complexity index is 306. The van der Waals surface area contributed by atoms with Crippen molar-refractivity contribution in [3.8, 4) is 11.5 Å². The highest BCUT2D eigenvalue weighted by atomic mass is 127. The average Bonchev–Trinajstić information content (AvgIpc) is 2.19. The number of carbonyl (C=O) groups excluding carboxylic acids is 1. The second-order valence-electron chi connectivity index (χ2n) is 2.71. The summed E-state index contributed by atoms with van der Waals surface area (Å²) in [5, 5.41) is 0. The molecule has 1 aromatic carbocycles. The summed E-state index contributed by atoms with van der Waals surface area (Å²) < 4.78 is 9.91. The number of halogens is 1. The molecular formula is C10H11IO3. The molecule has 14 heavy (non-hydrogen) atoms. The predicted octanol–water partition coefficient (Wildman–Crippen LogP) is 2.42. The van der Waals surface area contributed by atoms with Gasteiger partial charge in [-0.05, 0) is 31.2 Å². The van der Waals surface area contributed by atoms with E-state index in [4.69, 9.17) is 9.47 Å². The lowest BCUT2D eigenvalue weighted by Gasteiger charge is -2.06. The van der Waals surface area contributed by atoms with Crippen LogP contribution in [0.4, 0.5) is 0 Å². The van der Waals surface area contributed by atoms with E-state index in [-0.39, 0.29) is 9.89 Å². The van der Waals surface area contributed by atoms with Crippen molar-refractivity contribution in [1.29, 1.82) is 0 Å². The van der Waals surface area contributed by atoms with Gasteiger partial charge < -0.3 is 9.47 Å². The van der Waals surface area contributed by atoms with Crippen molar-refractivity contribution in [1.82, 2.24) is 0 Å². The molecule has 0 saturated heterocycles. The first-order chi connectivity index (χ1) is 6.63. The molecule has 76 valence electrons. The van der Waals surface area contributed by atoms with Gasteiger partial charge in [0.25, 0.3) is 0 Å². The molecular weight excluding hydrogens is 295 g/mol. The van der Waals surface area contributed by atoms with Crippen LogP contribution >= 0.6 is 22.6 Å². The van der Waals surface area contributed by atoms with Crippen LogP contribution < -0.4 is 9.47 Å². The molecule has 0 spiro atoms. The number of rotatable bonds is 3. The molecule has 0 radical (unpaired) electrons. The first kappa shape index (κ1) is 11.3.